The van der Waals surface area contributed by atoms with E-state index < -0.39 is 4.92 Å². The highest BCUT2D eigenvalue weighted by atomic mass is 16.6. The molecule has 1 aliphatic heterocycles. The van der Waals surface area contributed by atoms with Crippen molar-refractivity contribution in [1.82, 2.24) is 14.5 Å². The fourth-order valence-electron chi connectivity index (χ4n) is 2.88. The lowest BCUT2D eigenvalue weighted by molar-refractivity contribution is -0.384. The van der Waals surface area contributed by atoms with Crippen molar-refractivity contribution in [1.29, 1.82) is 0 Å². The second kappa shape index (κ2) is 7.74. The number of nitro groups is 1. The number of imidazole rings is 1. The van der Waals surface area contributed by atoms with Gasteiger partial charge >= 0.3 is 0 Å². The van der Waals surface area contributed by atoms with Gasteiger partial charge in [0.15, 0.2) is 0 Å². The Bertz CT molecular complexity index is 786. The molecule has 2 aromatic rings. The molecule has 0 atom stereocenters. The average Bonchev–Trinajstić information content (AvgIpc) is 3.00. The lowest BCUT2D eigenvalue weighted by Crippen LogP contribution is -2.24. The zero-order valence-corrected chi connectivity index (χ0v) is 14.2. The SMILES string of the molecule is Cn1c(-c2ccc([N+](=O)[O-])cc2)cnc1/N=C/C=C/N1CCCCC1. The zero-order chi connectivity index (χ0) is 17.6. The molecule has 3 rings (SSSR count). The van der Waals surface area contributed by atoms with Gasteiger partial charge in [-0.15, -0.1) is 0 Å². The van der Waals surface area contributed by atoms with Gasteiger partial charge in [-0.05, 0) is 37.5 Å². The highest BCUT2D eigenvalue weighted by molar-refractivity contribution is 5.73. The first-order valence-electron chi connectivity index (χ1n) is 8.36. The lowest BCUT2D eigenvalue weighted by atomic mass is 10.1. The van der Waals surface area contributed by atoms with E-state index in [9.17, 15) is 10.1 Å². The van der Waals surface area contributed by atoms with Gasteiger partial charge < -0.3 is 9.47 Å². The van der Waals surface area contributed by atoms with E-state index in [-0.39, 0.29) is 5.69 Å². The standard InChI is InChI=1S/C18H21N5O2/c1-21-17(15-6-8-16(9-7-15)23(24)25)14-20-18(21)19-10-5-13-22-11-3-2-4-12-22/h5-10,13-14H,2-4,11-12H2,1H3/b13-5+,19-10+. The molecule has 0 unspecified atom stereocenters. The minimum atomic E-state index is -0.405. The second-order valence-corrected chi connectivity index (χ2v) is 6.02. The van der Waals surface area contributed by atoms with Gasteiger partial charge in [0.25, 0.3) is 5.69 Å². The fourth-order valence-corrected chi connectivity index (χ4v) is 2.88. The number of benzene rings is 1. The first-order chi connectivity index (χ1) is 12.1. The summed E-state index contributed by atoms with van der Waals surface area (Å²) >= 11 is 0. The minimum Gasteiger partial charge on any atom is -0.377 e. The monoisotopic (exact) mass is 339 g/mol. The highest BCUT2D eigenvalue weighted by Gasteiger charge is 2.10. The lowest BCUT2D eigenvalue weighted by Gasteiger charge is -2.24. The number of nitro benzene ring substituents is 1. The van der Waals surface area contributed by atoms with Crippen LogP contribution in [0, 0.1) is 10.1 Å². The third-order valence-electron chi connectivity index (χ3n) is 4.30. The molecule has 0 aliphatic carbocycles. The third kappa shape index (κ3) is 4.12. The van der Waals surface area contributed by atoms with E-state index in [1.807, 2.05) is 17.7 Å². The smallest absolute Gasteiger partial charge is 0.269 e. The summed E-state index contributed by atoms with van der Waals surface area (Å²) < 4.78 is 1.87. The Morgan fingerprint density at radius 3 is 2.60 bits per heavy atom. The molecule has 0 radical (unpaired) electrons. The molecule has 0 N–H and O–H groups in total. The van der Waals surface area contributed by atoms with Crippen LogP contribution in [0.1, 0.15) is 19.3 Å². The normalized spacial score (nSPS) is 15.3. The number of likely N-dealkylation sites (tertiary alicyclic amines) is 1. The first-order valence-corrected chi connectivity index (χ1v) is 8.36. The number of hydrogen-bond donors (Lipinski definition) is 0. The summed E-state index contributed by atoms with van der Waals surface area (Å²) in [5, 5.41) is 10.7. The van der Waals surface area contributed by atoms with Crippen LogP contribution in [0.15, 0.2) is 47.7 Å². The molecular formula is C18H21N5O2. The van der Waals surface area contributed by atoms with Crippen molar-refractivity contribution in [2.24, 2.45) is 12.0 Å². The molecule has 1 aromatic carbocycles. The number of aromatic nitrogens is 2. The van der Waals surface area contributed by atoms with E-state index in [2.05, 4.69) is 21.1 Å². The number of allylic oxidation sites excluding steroid dienone is 1. The van der Waals surface area contributed by atoms with Crippen LogP contribution >= 0.6 is 0 Å². The maximum absolute atomic E-state index is 10.7. The number of hydrogen-bond acceptors (Lipinski definition) is 5. The van der Waals surface area contributed by atoms with Crippen LogP contribution in [0.4, 0.5) is 11.6 Å². The van der Waals surface area contributed by atoms with E-state index in [0.717, 1.165) is 24.3 Å². The molecule has 1 aromatic heterocycles. The van der Waals surface area contributed by atoms with Gasteiger partial charge in [0.1, 0.15) is 0 Å². The van der Waals surface area contributed by atoms with Gasteiger partial charge in [-0.1, -0.05) is 0 Å². The number of rotatable bonds is 5. The fraction of sp³-hybridized carbons (Fsp3) is 0.333. The van der Waals surface area contributed by atoms with Crippen LogP contribution in [0.3, 0.4) is 0 Å². The highest BCUT2D eigenvalue weighted by Crippen LogP contribution is 2.25. The molecule has 130 valence electrons. The van der Waals surface area contributed by atoms with Gasteiger partial charge in [-0.2, -0.15) is 0 Å². The van der Waals surface area contributed by atoms with Crippen molar-refractivity contribution in [2.45, 2.75) is 19.3 Å². The van der Waals surface area contributed by atoms with Gasteiger partial charge in [0, 0.05) is 50.2 Å². The van der Waals surface area contributed by atoms with Crippen LogP contribution in [0.2, 0.25) is 0 Å². The van der Waals surface area contributed by atoms with Crippen molar-refractivity contribution in [2.75, 3.05) is 13.1 Å². The summed E-state index contributed by atoms with van der Waals surface area (Å²) in [6, 6.07) is 6.43. The Labute approximate surface area is 146 Å². The van der Waals surface area contributed by atoms with Gasteiger partial charge in [-0.25, -0.2) is 9.98 Å². The number of piperidine rings is 1. The Hall–Kier alpha value is -2.96. The molecule has 0 bridgehead atoms. The third-order valence-corrected chi connectivity index (χ3v) is 4.30. The largest absolute Gasteiger partial charge is 0.377 e. The molecule has 7 heteroatoms. The summed E-state index contributed by atoms with van der Waals surface area (Å²) in [5.41, 5.74) is 1.81. The van der Waals surface area contributed by atoms with Crippen molar-refractivity contribution >= 4 is 17.9 Å². The number of aliphatic imine (C=N–C) groups is 1. The van der Waals surface area contributed by atoms with Crippen LogP contribution in [0.5, 0.6) is 0 Å². The van der Waals surface area contributed by atoms with Crippen molar-refractivity contribution in [3.63, 3.8) is 0 Å². The van der Waals surface area contributed by atoms with E-state index in [0.29, 0.717) is 5.95 Å². The van der Waals surface area contributed by atoms with E-state index in [1.54, 1.807) is 24.5 Å². The number of non-ortho nitro benzene ring substituents is 1. The maximum atomic E-state index is 10.7. The summed E-state index contributed by atoms with van der Waals surface area (Å²) in [6.45, 7) is 2.22. The molecule has 1 aliphatic rings. The van der Waals surface area contributed by atoms with Crippen LogP contribution in [-0.2, 0) is 7.05 Å². The Morgan fingerprint density at radius 2 is 1.92 bits per heavy atom. The molecule has 7 nitrogen and oxygen atoms in total. The van der Waals surface area contributed by atoms with Gasteiger partial charge in [0.2, 0.25) is 5.95 Å². The summed E-state index contributed by atoms with van der Waals surface area (Å²) in [5.74, 6) is 0.594. The second-order valence-electron chi connectivity index (χ2n) is 6.02. The first kappa shape index (κ1) is 16.9. The topological polar surface area (TPSA) is 76.6 Å². The van der Waals surface area contributed by atoms with Crippen LogP contribution < -0.4 is 0 Å². The van der Waals surface area contributed by atoms with Crippen molar-refractivity contribution < 1.29 is 4.92 Å². The van der Waals surface area contributed by atoms with Crippen LogP contribution in [0.25, 0.3) is 11.3 Å². The van der Waals surface area contributed by atoms with E-state index in [4.69, 9.17) is 0 Å². The predicted octanol–water partition coefficient (Wildman–Crippen LogP) is 3.70. The number of nitrogens with zero attached hydrogens (tertiary/aromatic N) is 5. The summed E-state index contributed by atoms with van der Waals surface area (Å²) in [7, 11) is 1.88. The molecular weight excluding hydrogens is 318 g/mol. The minimum absolute atomic E-state index is 0.0759. The molecule has 0 spiro atoms. The van der Waals surface area contributed by atoms with Crippen LogP contribution in [-0.4, -0.2) is 38.7 Å². The average molecular weight is 339 g/mol. The van der Waals surface area contributed by atoms with Gasteiger partial charge in [0.05, 0.1) is 16.8 Å². The Kier molecular flexibility index (Phi) is 5.23. The summed E-state index contributed by atoms with van der Waals surface area (Å²) in [6.07, 6.45) is 11.3. The summed E-state index contributed by atoms with van der Waals surface area (Å²) in [4.78, 5) is 21.3. The molecule has 1 saturated heterocycles. The zero-order valence-electron chi connectivity index (χ0n) is 14.2. The van der Waals surface area contributed by atoms with Crippen molar-refractivity contribution in [3.8, 4) is 11.3 Å². The Morgan fingerprint density at radius 1 is 1.20 bits per heavy atom. The van der Waals surface area contributed by atoms with Crippen molar-refractivity contribution in [3.05, 3.63) is 52.9 Å². The van der Waals surface area contributed by atoms with E-state index >= 15 is 0 Å². The molecule has 25 heavy (non-hydrogen) atoms. The molecule has 2 heterocycles. The molecule has 1 fully saturated rings. The molecule has 0 saturated carbocycles. The quantitative estimate of drug-likeness (QED) is 0.473. The van der Waals surface area contributed by atoms with Gasteiger partial charge in [-0.3, -0.25) is 10.1 Å². The predicted molar refractivity (Wildman–Crippen MR) is 98.0 cm³/mol. The Balaban J connectivity index is 1.69. The van der Waals surface area contributed by atoms with E-state index in [1.165, 1.54) is 31.4 Å². The molecule has 0 amide bonds. The maximum Gasteiger partial charge on any atom is 0.269 e.